The second-order valence-electron chi connectivity index (χ2n) is 6.16. The molecule has 116 valence electrons. The molecule has 1 heterocycles. The number of anilines is 1. The Morgan fingerprint density at radius 3 is 2.86 bits per heavy atom. The van der Waals surface area contributed by atoms with E-state index in [0.717, 1.165) is 50.6 Å². The summed E-state index contributed by atoms with van der Waals surface area (Å²) in [7, 11) is 0. The van der Waals surface area contributed by atoms with E-state index in [-0.39, 0.29) is 5.82 Å². The molecule has 2 aliphatic rings. The van der Waals surface area contributed by atoms with Crippen molar-refractivity contribution in [1.29, 1.82) is 0 Å². The summed E-state index contributed by atoms with van der Waals surface area (Å²) in [6.45, 7) is 4.60. The lowest BCUT2D eigenvalue weighted by Crippen LogP contribution is -2.28. The first-order valence-electron chi connectivity index (χ1n) is 8.21. The third-order valence-electron chi connectivity index (χ3n) is 4.55. The Morgan fingerprint density at radius 2 is 2.00 bits per heavy atom. The normalized spacial score (nSPS) is 20.5. The number of ether oxygens (including phenoxy) is 1. The number of halogens is 1. The fraction of sp³-hybridized carbons (Fsp3) is 0.647. The molecule has 0 amide bonds. The van der Waals surface area contributed by atoms with E-state index in [2.05, 4.69) is 10.2 Å². The van der Waals surface area contributed by atoms with Crippen molar-refractivity contribution >= 4 is 5.69 Å². The van der Waals surface area contributed by atoms with Crippen LogP contribution in [0.3, 0.4) is 0 Å². The van der Waals surface area contributed by atoms with Gasteiger partial charge in [0.25, 0.3) is 0 Å². The Bertz CT molecular complexity index is 452. The van der Waals surface area contributed by atoms with E-state index in [1.54, 1.807) is 12.1 Å². The summed E-state index contributed by atoms with van der Waals surface area (Å²) >= 11 is 0. The van der Waals surface area contributed by atoms with E-state index in [0.29, 0.717) is 5.92 Å². The molecular formula is C17H25FN2O. The van der Waals surface area contributed by atoms with Gasteiger partial charge in [-0.2, -0.15) is 0 Å². The van der Waals surface area contributed by atoms with Crippen LogP contribution >= 0.6 is 0 Å². The van der Waals surface area contributed by atoms with Gasteiger partial charge in [0.15, 0.2) is 0 Å². The van der Waals surface area contributed by atoms with E-state index in [9.17, 15) is 4.39 Å². The maximum atomic E-state index is 13.6. The van der Waals surface area contributed by atoms with Crippen LogP contribution in [0.4, 0.5) is 10.1 Å². The van der Waals surface area contributed by atoms with Gasteiger partial charge in [0.1, 0.15) is 11.6 Å². The van der Waals surface area contributed by atoms with Gasteiger partial charge in [0, 0.05) is 25.7 Å². The monoisotopic (exact) mass is 292 g/mol. The van der Waals surface area contributed by atoms with Gasteiger partial charge in [-0.15, -0.1) is 0 Å². The minimum atomic E-state index is -0.185. The van der Waals surface area contributed by atoms with Crippen LogP contribution in [0.2, 0.25) is 0 Å². The minimum absolute atomic E-state index is 0.185. The average Bonchev–Trinajstić information content (AvgIpc) is 2.86. The third-order valence-corrected chi connectivity index (χ3v) is 4.55. The van der Waals surface area contributed by atoms with Gasteiger partial charge in [-0.25, -0.2) is 4.39 Å². The van der Waals surface area contributed by atoms with Crippen molar-refractivity contribution < 1.29 is 9.13 Å². The number of hydrogen-bond acceptors (Lipinski definition) is 3. The molecule has 3 nitrogen and oxygen atoms in total. The maximum Gasteiger partial charge on any atom is 0.142 e. The standard InChI is InChI=1S/C17H25FN2O/c18-15-6-7-17(21-13-14-4-1-2-5-14)16(12-15)20-10-3-8-19-9-11-20/h6-7,12,14,19H,1-5,8-11,13H2. The summed E-state index contributed by atoms with van der Waals surface area (Å²) in [6, 6.07) is 4.91. The van der Waals surface area contributed by atoms with Crippen molar-refractivity contribution in [3.8, 4) is 5.75 Å². The van der Waals surface area contributed by atoms with E-state index in [1.165, 1.54) is 31.7 Å². The van der Waals surface area contributed by atoms with Crippen molar-refractivity contribution in [2.75, 3.05) is 37.7 Å². The van der Waals surface area contributed by atoms with Crippen LogP contribution < -0.4 is 15.0 Å². The lowest BCUT2D eigenvalue weighted by Gasteiger charge is -2.25. The van der Waals surface area contributed by atoms with Crippen LogP contribution in [-0.4, -0.2) is 32.8 Å². The zero-order valence-electron chi connectivity index (χ0n) is 12.6. The predicted octanol–water partition coefficient (Wildman–Crippen LogP) is 3.19. The first-order valence-corrected chi connectivity index (χ1v) is 8.21. The van der Waals surface area contributed by atoms with Crippen molar-refractivity contribution in [2.24, 2.45) is 5.92 Å². The fourth-order valence-electron chi connectivity index (χ4n) is 3.33. The summed E-state index contributed by atoms with van der Waals surface area (Å²) in [5.74, 6) is 1.33. The first kappa shape index (κ1) is 14.6. The molecule has 0 bridgehead atoms. The number of nitrogens with zero attached hydrogens (tertiary/aromatic N) is 1. The van der Waals surface area contributed by atoms with Crippen LogP contribution in [0.15, 0.2) is 18.2 Å². The smallest absolute Gasteiger partial charge is 0.142 e. The molecule has 4 heteroatoms. The molecule has 2 fully saturated rings. The first-order chi connectivity index (χ1) is 10.3. The Morgan fingerprint density at radius 1 is 1.14 bits per heavy atom. The SMILES string of the molecule is Fc1ccc(OCC2CCCC2)c(N2CCCNCC2)c1. The van der Waals surface area contributed by atoms with Crippen LogP contribution in [0, 0.1) is 11.7 Å². The van der Waals surface area contributed by atoms with E-state index in [4.69, 9.17) is 4.74 Å². The highest BCUT2D eigenvalue weighted by Crippen LogP contribution is 2.32. The van der Waals surface area contributed by atoms with Gasteiger partial charge in [-0.1, -0.05) is 12.8 Å². The largest absolute Gasteiger partial charge is 0.491 e. The molecule has 1 aliphatic heterocycles. The number of hydrogen-bond donors (Lipinski definition) is 1. The number of benzene rings is 1. The Hall–Kier alpha value is -1.29. The summed E-state index contributed by atoms with van der Waals surface area (Å²) in [6.07, 6.45) is 6.26. The van der Waals surface area contributed by atoms with E-state index < -0.39 is 0 Å². The molecular weight excluding hydrogens is 267 g/mol. The third kappa shape index (κ3) is 3.88. The highest BCUT2D eigenvalue weighted by molar-refractivity contribution is 5.58. The molecule has 1 saturated carbocycles. The summed E-state index contributed by atoms with van der Waals surface area (Å²) in [5.41, 5.74) is 0.914. The Balaban J connectivity index is 1.71. The molecule has 0 radical (unpaired) electrons. The van der Waals surface area contributed by atoms with E-state index in [1.807, 2.05) is 0 Å². The maximum absolute atomic E-state index is 13.6. The second-order valence-corrected chi connectivity index (χ2v) is 6.16. The van der Waals surface area contributed by atoms with Crippen molar-refractivity contribution in [2.45, 2.75) is 32.1 Å². The Kier molecular flexibility index (Phi) is 4.96. The van der Waals surface area contributed by atoms with Crippen LogP contribution in [0.25, 0.3) is 0 Å². The zero-order chi connectivity index (χ0) is 14.5. The highest BCUT2D eigenvalue weighted by atomic mass is 19.1. The summed E-state index contributed by atoms with van der Waals surface area (Å²) in [5, 5.41) is 3.38. The molecule has 1 aliphatic carbocycles. The van der Waals surface area contributed by atoms with Gasteiger partial charge in [-0.05, 0) is 43.9 Å². The molecule has 1 N–H and O–H groups in total. The van der Waals surface area contributed by atoms with Gasteiger partial charge in [0.05, 0.1) is 12.3 Å². The predicted molar refractivity (Wildman–Crippen MR) is 83.6 cm³/mol. The minimum Gasteiger partial charge on any atom is -0.491 e. The topological polar surface area (TPSA) is 24.5 Å². The molecule has 0 aromatic heterocycles. The van der Waals surface area contributed by atoms with Gasteiger partial charge in [0.2, 0.25) is 0 Å². The molecule has 1 saturated heterocycles. The van der Waals surface area contributed by atoms with Crippen molar-refractivity contribution in [3.63, 3.8) is 0 Å². The highest BCUT2D eigenvalue weighted by Gasteiger charge is 2.19. The molecule has 1 aromatic rings. The van der Waals surface area contributed by atoms with Gasteiger partial charge < -0.3 is 15.0 Å². The second kappa shape index (κ2) is 7.12. The van der Waals surface area contributed by atoms with Crippen LogP contribution in [-0.2, 0) is 0 Å². The van der Waals surface area contributed by atoms with E-state index >= 15 is 0 Å². The molecule has 1 aromatic carbocycles. The molecule has 0 spiro atoms. The number of nitrogens with one attached hydrogen (secondary N) is 1. The average molecular weight is 292 g/mol. The van der Waals surface area contributed by atoms with Gasteiger partial charge in [-0.3, -0.25) is 0 Å². The van der Waals surface area contributed by atoms with Gasteiger partial charge >= 0.3 is 0 Å². The number of rotatable bonds is 4. The molecule has 0 atom stereocenters. The fourth-order valence-corrected chi connectivity index (χ4v) is 3.33. The zero-order valence-corrected chi connectivity index (χ0v) is 12.6. The van der Waals surface area contributed by atoms with Crippen molar-refractivity contribution in [3.05, 3.63) is 24.0 Å². The van der Waals surface area contributed by atoms with Crippen molar-refractivity contribution in [1.82, 2.24) is 5.32 Å². The quantitative estimate of drug-likeness (QED) is 0.922. The summed E-state index contributed by atoms with van der Waals surface area (Å²) in [4.78, 5) is 2.24. The lowest BCUT2D eigenvalue weighted by molar-refractivity contribution is 0.252. The van der Waals surface area contributed by atoms with Crippen LogP contribution in [0.5, 0.6) is 5.75 Å². The lowest BCUT2D eigenvalue weighted by atomic mass is 10.1. The van der Waals surface area contributed by atoms with Crippen LogP contribution in [0.1, 0.15) is 32.1 Å². The Labute approximate surface area is 126 Å². The molecule has 0 unspecified atom stereocenters. The molecule has 3 rings (SSSR count). The molecule has 21 heavy (non-hydrogen) atoms. The summed E-state index contributed by atoms with van der Waals surface area (Å²) < 4.78 is 19.7.